The first-order valence-electron chi connectivity index (χ1n) is 9.10. The molecule has 5 nitrogen and oxygen atoms in total. The van der Waals surface area contributed by atoms with Crippen molar-refractivity contribution in [3.05, 3.63) is 84.3 Å². The van der Waals surface area contributed by atoms with E-state index in [2.05, 4.69) is 15.6 Å². The van der Waals surface area contributed by atoms with E-state index in [4.69, 9.17) is 0 Å². The molecule has 1 heterocycles. The molecule has 0 fully saturated rings. The number of pyridine rings is 1. The van der Waals surface area contributed by atoms with E-state index in [9.17, 15) is 14.0 Å². The van der Waals surface area contributed by atoms with E-state index < -0.39 is 5.82 Å². The number of aromatic nitrogens is 1. The molecule has 1 aromatic heterocycles. The molecular formula is C22H20FN3O2S. The van der Waals surface area contributed by atoms with Gasteiger partial charge in [-0.15, -0.1) is 11.8 Å². The summed E-state index contributed by atoms with van der Waals surface area (Å²) in [5.41, 5.74) is 0.968. The van der Waals surface area contributed by atoms with Gasteiger partial charge in [-0.2, -0.15) is 0 Å². The van der Waals surface area contributed by atoms with Crippen molar-refractivity contribution in [3.63, 3.8) is 0 Å². The maximum Gasteiger partial charge on any atom is 0.255 e. The van der Waals surface area contributed by atoms with Gasteiger partial charge in [0.2, 0.25) is 5.91 Å². The standard InChI is InChI=1S/C22H20FN3O2S/c1-2-19(22(28)26-20-8-3-4-13-24-20)29-18-7-5-6-17(14-18)25-21(27)15-9-11-16(23)12-10-15/h3-14,19H,2H2,1H3,(H,25,27)(H,24,26,28). The zero-order valence-corrected chi connectivity index (χ0v) is 16.6. The monoisotopic (exact) mass is 409 g/mol. The molecule has 0 aliphatic heterocycles. The molecule has 0 saturated heterocycles. The average molecular weight is 409 g/mol. The highest BCUT2D eigenvalue weighted by atomic mass is 32.2. The quantitative estimate of drug-likeness (QED) is 0.540. The maximum absolute atomic E-state index is 13.0. The lowest BCUT2D eigenvalue weighted by Gasteiger charge is -2.15. The summed E-state index contributed by atoms with van der Waals surface area (Å²) in [6, 6.07) is 17.9. The molecule has 2 N–H and O–H groups in total. The van der Waals surface area contributed by atoms with Gasteiger partial charge in [0.15, 0.2) is 0 Å². The molecule has 0 radical (unpaired) electrons. The van der Waals surface area contributed by atoms with Crippen LogP contribution in [0.5, 0.6) is 0 Å². The van der Waals surface area contributed by atoms with Crippen LogP contribution in [-0.4, -0.2) is 22.0 Å². The summed E-state index contributed by atoms with van der Waals surface area (Å²) >= 11 is 1.41. The number of nitrogens with one attached hydrogen (secondary N) is 2. The number of hydrogen-bond acceptors (Lipinski definition) is 4. The zero-order chi connectivity index (χ0) is 20.6. The second-order valence-electron chi connectivity index (χ2n) is 6.21. The Labute approximate surface area is 172 Å². The molecular weight excluding hydrogens is 389 g/mol. The Morgan fingerprint density at radius 3 is 2.52 bits per heavy atom. The smallest absolute Gasteiger partial charge is 0.255 e. The van der Waals surface area contributed by atoms with Gasteiger partial charge in [-0.25, -0.2) is 9.37 Å². The number of hydrogen-bond donors (Lipinski definition) is 2. The Balaban J connectivity index is 1.65. The van der Waals surface area contributed by atoms with Crippen molar-refractivity contribution >= 4 is 35.1 Å². The van der Waals surface area contributed by atoms with Crippen molar-refractivity contribution in [2.24, 2.45) is 0 Å². The molecule has 0 bridgehead atoms. The van der Waals surface area contributed by atoms with E-state index in [1.807, 2.05) is 31.2 Å². The molecule has 148 valence electrons. The Bertz CT molecular complexity index is 981. The minimum atomic E-state index is -0.394. The minimum absolute atomic E-state index is 0.128. The summed E-state index contributed by atoms with van der Waals surface area (Å²) in [6.45, 7) is 1.94. The molecule has 2 aromatic carbocycles. The fraction of sp³-hybridized carbons (Fsp3) is 0.136. The predicted octanol–water partition coefficient (Wildman–Crippen LogP) is 4.98. The molecule has 1 unspecified atom stereocenters. The molecule has 0 aliphatic carbocycles. The summed E-state index contributed by atoms with van der Waals surface area (Å²) < 4.78 is 13.0. The Morgan fingerprint density at radius 2 is 1.83 bits per heavy atom. The van der Waals surface area contributed by atoms with Crippen molar-refractivity contribution < 1.29 is 14.0 Å². The van der Waals surface area contributed by atoms with Crippen LogP contribution in [0.15, 0.2) is 77.8 Å². The summed E-state index contributed by atoms with van der Waals surface area (Å²) in [5.74, 6) is -0.338. The third kappa shape index (κ3) is 5.89. The third-order valence-corrected chi connectivity index (χ3v) is 5.41. The van der Waals surface area contributed by atoms with Gasteiger partial charge < -0.3 is 10.6 Å². The number of carbonyl (C=O) groups excluding carboxylic acids is 2. The molecule has 0 saturated carbocycles. The summed E-state index contributed by atoms with van der Waals surface area (Å²) in [7, 11) is 0. The largest absolute Gasteiger partial charge is 0.322 e. The van der Waals surface area contributed by atoms with Crippen molar-refractivity contribution in [2.45, 2.75) is 23.5 Å². The lowest BCUT2D eigenvalue weighted by atomic mass is 10.2. The van der Waals surface area contributed by atoms with Crippen molar-refractivity contribution in [2.75, 3.05) is 10.6 Å². The van der Waals surface area contributed by atoms with Crippen molar-refractivity contribution in [3.8, 4) is 0 Å². The highest BCUT2D eigenvalue weighted by Crippen LogP contribution is 2.28. The Hall–Kier alpha value is -3.19. The summed E-state index contributed by atoms with van der Waals surface area (Å²) in [4.78, 5) is 29.8. The van der Waals surface area contributed by atoms with Crippen LogP contribution >= 0.6 is 11.8 Å². The van der Waals surface area contributed by atoms with Gasteiger partial charge in [-0.05, 0) is 61.0 Å². The molecule has 2 amide bonds. The normalized spacial score (nSPS) is 11.5. The molecule has 7 heteroatoms. The molecule has 0 spiro atoms. The van der Waals surface area contributed by atoms with E-state index in [0.717, 1.165) is 4.90 Å². The van der Waals surface area contributed by atoms with Crippen LogP contribution in [0.2, 0.25) is 0 Å². The zero-order valence-electron chi connectivity index (χ0n) is 15.8. The predicted molar refractivity (Wildman–Crippen MR) is 114 cm³/mol. The van der Waals surface area contributed by atoms with E-state index >= 15 is 0 Å². The lowest BCUT2D eigenvalue weighted by molar-refractivity contribution is -0.115. The second kappa shape index (κ2) is 9.84. The highest BCUT2D eigenvalue weighted by molar-refractivity contribution is 8.00. The number of amides is 2. The van der Waals surface area contributed by atoms with E-state index in [1.54, 1.807) is 24.4 Å². The second-order valence-corrected chi connectivity index (χ2v) is 7.48. The average Bonchev–Trinajstić information content (AvgIpc) is 2.73. The Morgan fingerprint density at radius 1 is 1.03 bits per heavy atom. The summed E-state index contributed by atoms with van der Waals surface area (Å²) in [6.07, 6.45) is 2.26. The van der Waals surface area contributed by atoms with Crippen LogP contribution in [0.1, 0.15) is 23.7 Å². The Kier molecular flexibility index (Phi) is 6.97. The van der Waals surface area contributed by atoms with Gasteiger partial charge in [-0.1, -0.05) is 19.1 Å². The number of carbonyl (C=O) groups is 2. The number of benzene rings is 2. The molecule has 3 aromatic rings. The first-order valence-corrected chi connectivity index (χ1v) is 9.98. The van der Waals surface area contributed by atoms with Crippen LogP contribution < -0.4 is 10.6 Å². The topological polar surface area (TPSA) is 71.1 Å². The number of nitrogens with zero attached hydrogens (tertiary/aromatic N) is 1. The van der Waals surface area contributed by atoms with Crippen LogP contribution in [0.25, 0.3) is 0 Å². The molecule has 3 rings (SSSR count). The lowest BCUT2D eigenvalue weighted by Crippen LogP contribution is -2.25. The van der Waals surface area contributed by atoms with Crippen molar-refractivity contribution in [1.29, 1.82) is 0 Å². The molecule has 29 heavy (non-hydrogen) atoms. The molecule has 1 atom stereocenters. The van der Waals surface area contributed by atoms with E-state index in [0.29, 0.717) is 23.5 Å². The number of halogens is 1. The van der Waals surface area contributed by atoms with Crippen LogP contribution in [-0.2, 0) is 4.79 Å². The van der Waals surface area contributed by atoms with E-state index in [-0.39, 0.29) is 17.1 Å². The van der Waals surface area contributed by atoms with Crippen LogP contribution in [0.3, 0.4) is 0 Å². The minimum Gasteiger partial charge on any atom is -0.322 e. The van der Waals surface area contributed by atoms with Gasteiger partial charge >= 0.3 is 0 Å². The fourth-order valence-electron chi connectivity index (χ4n) is 2.58. The SMILES string of the molecule is CCC(Sc1cccc(NC(=O)c2ccc(F)cc2)c1)C(=O)Nc1ccccn1. The van der Waals surface area contributed by atoms with Crippen LogP contribution in [0, 0.1) is 5.82 Å². The van der Waals surface area contributed by atoms with Gasteiger partial charge in [0.25, 0.3) is 5.91 Å². The first-order chi connectivity index (χ1) is 14.0. The highest BCUT2D eigenvalue weighted by Gasteiger charge is 2.18. The van der Waals surface area contributed by atoms with Crippen molar-refractivity contribution in [1.82, 2.24) is 4.98 Å². The third-order valence-electron chi connectivity index (χ3n) is 4.06. The number of anilines is 2. The van der Waals surface area contributed by atoms with Gasteiger partial charge in [0.1, 0.15) is 11.6 Å². The van der Waals surface area contributed by atoms with Gasteiger partial charge in [0.05, 0.1) is 5.25 Å². The van der Waals surface area contributed by atoms with E-state index in [1.165, 1.54) is 36.0 Å². The number of rotatable bonds is 7. The molecule has 0 aliphatic rings. The maximum atomic E-state index is 13.0. The summed E-state index contributed by atoms with van der Waals surface area (Å²) in [5, 5.41) is 5.30. The number of thioether (sulfide) groups is 1. The van der Waals surface area contributed by atoms with Gasteiger partial charge in [0, 0.05) is 22.3 Å². The first kappa shape index (κ1) is 20.5. The fourth-order valence-corrected chi connectivity index (χ4v) is 3.59. The van der Waals surface area contributed by atoms with Gasteiger partial charge in [-0.3, -0.25) is 9.59 Å². The van der Waals surface area contributed by atoms with Crippen LogP contribution in [0.4, 0.5) is 15.9 Å².